The van der Waals surface area contributed by atoms with E-state index < -0.39 is 0 Å². The Morgan fingerprint density at radius 2 is 2.00 bits per heavy atom. The van der Waals surface area contributed by atoms with E-state index in [0.29, 0.717) is 6.04 Å². The lowest BCUT2D eigenvalue weighted by atomic mass is 9.81. The molecule has 1 N–H and O–H groups in total. The number of hydrogen-bond acceptors (Lipinski definition) is 1. The highest BCUT2D eigenvalue weighted by molar-refractivity contribution is 5.80. The largest absolute Gasteiger partial charge is 0.357 e. The highest BCUT2D eigenvalue weighted by atomic mass is 15.2. The predicted molar refractivity (Wildman–Crippen MR) is 64.3 cm³/mol. The molecule has 0 amide bonds. The summed E-state index contributed by atoms with van der Waals surface area (Å²) >= 11 is 0. The van der Waals surface area contributed by atoms with Gasteiger partial charge in [0.05, 0.1) is 5.84 Å². The molecule has 2 aliphatic rings. The maximum absolute atomic E-state index is 8.07. The van der Waals surface area contributed by atoms with Crippen molar-refractivity contribution in [3.05, 3.63) is 0 Å². The van der Waals surface area contributed by atoms with Gasteiger partial charge in [0.2, 0.25) is 0 Å². The van der Waals surface area contributed by atoms with Crippen molar-refractivity contribution in [2.45, 2.75) is 64.3 Å². The van der Waals surface area contributed by atoms with Crippen molar-refractivity contribution in [3.8, 4) is 0 Å². The second-order valence-electron chi connectivity index (χ2n) is 5.12. The molecule has 2 heteroatoms. The maximum Gasteiger partial charge on any atom is 0.0960 e. The van der Waals surface area contributed by atoms with Crippen LogP contribution in [0, 0.1) is 11.3 Å². The van der Waals surface area contributed by atoms with E-state index in [2.05, 4.69) is 11.8 Å². The molecule has 2 rings (SSSR count). The van der Waals surface area contributed by atoms with Crippen LogP contribution in [0.25, 0.3) is 0 Å². The molecule has 2 nitrogen and oxygen atoms in total. The minimum absolute atomic E-state index is 0.705. The molecule has 2 fully saturated rings. The molecule has 0 aromatic heterocycles. The molecule has 0 radical (unpaired) electrons. The maximum atomic E-state index is 8.07. The number of nitrogens with zero attached hydrogens (tertiary/aromatic N) is 1. The highest BCUT2D eigenvalue weighted by Gasteiger charge is 2.31. The van der Waals surface area contributed by atoms with Crippen molar-refractivity contribution in [2.75, 3.05) is 6.54 Å². The summed E-state index contributed by atoms with van der Waals surface area (Å²) < 4.78 is 0. The summed E-state index contributed by atoms with van der Waals surface area (Å²) in [4.78, 5) is 2.43. The van der Waals surface area contributed by atoms with Crippen molar-refractivity contribution in [1.29, 1.82) is 5.41 Å². The summed E-state index contributed by atoms with van der Waals surface area (Å²) in [6.07, 6.45) is 10.4. The van der Waals surface area contributed by atoms with E-state index in [1.165, 1.54) is 44.9 Å². The van der Waals surface area contributed by atoms with Gasteiger partial charge in [0.15, 0.2) is 0 Å². The number of likely N-dealkylation sites (tertiary alicyclic amines) is 1. The third-order valence-electron chi connectivity index (χ3n) is 4.20. The van der Waals surface area contributed by atoms with E-state index in [1.54, 1.807) is 0 Å². The molecule has 2 unspecified atom stereocenters. The van der Waals surface area contributed by atoms with Crippen LogP contribution in [0.15, 0.2) is 0 Å². The molecule has 1 aliphatic heterocycles. The van der Waals surface area contributed by atoms with E-state index in [4.69, 9.17) is 5.41 Å². The lowest BCUT2D eigenvalue weighted by Gasteiger charge is -2.43. The SMILES string of the molecule is CCC1CCCCC1N1CCCCC1=N. The van der Waals surface area contributed by atoms with E-state index in [1.807, 2.05) is 0 Å². The molecule has 2 atom stereocenters. The van der Waals surface area contributed by atoms with Gasteiger partial charge in [-0.3, -0.25) is 5.41 Å². The fraction of sp³-hybridized carbons (Fsp3) is 0.923. The van der Waals surface area contributed by atoms with E-state index in [0.717, 1.165) is 24.7 Å². The van der Waals surface area contributed by atoms with E-state index in [-0.39, 0.29) is 0 Å². The zero-order valence-electron chi connectivity index (χ0n) is 9.97. The molecule has 1 saturated carbocycles. The van der Waals surface area contributed by atoms with Crippen LogP contribution in [0.2, 0.25) is 0 Å². The van der Waals surface area contributed by atoms with Crippen molar-refractivity contribution in [1.82, 2.24) is 4.90 Å². The predicted octanol–water partition coefficient (Wildman–Crippen LogP) is 3.42. The first-order valence-electron chi connectivity index (χ1n) is 6.67. The summed E-state index contributed by atoms with van der Waals surface area (Å²) in [5, 5.41) is 8.07. The Morgan fingerprint density at radius 1 is 1.20 bits per heavy atom. The molecule has 1 heterocycles. The first-order valence-corrected chi connectivity index (χ1v) is 6.67. The number of nitrogens with one attached hydrogen (secondary N) is 1. The third-order valence-corrected chi connectivity index (χ3v) is 4.20. The zero-order valence-corrected chi connectivity index (χ0v) is 9.97. The minimum atomic E-state index is 0.705. The first kappa shape index (κ1) is 11.0. The van der Waals surface area contributed by atoms with Crippen molar-refractivity contribution in [2.24, 2.45) is 5.92 Å². The fourth-order valence-electron chi connectivity index (χ4n) is 3.29. The van der Waals surface area contributed by atoms with Gasteiger partial charge < -0.3 is 4.90 Å². The fourth-order valence-corrected chi connectivity index (χ4v) is 3.29. The topological polar surface area (TPSA) is 27.1 Å². The standard InChI is InChI=1S/C13H24N2/c1-2-11-7-3-4-8-12(11)15-10-6-5-9-13(15)14/h11-12,14H,2-10H2,1H3. The monoisotopic (exact) mass is 208 g/mol. The van der Waals surface area contributed by atoms with Gasteiger partial charge in [0.1, 0.15) is 0 Å². The van der Waals surface area contributed by atoms with Crippen LogP contribution in [-0.4, -0.2) is 23.3 Å². The van der Waals surface area contributed by atoms with E-state index in [9.17, 15) is 0 Å². The number of hydrogen-bond donors (Lipinski definition) is 1. The summed E-state index contributed by atoms with van der Waals surface area (Å²) in [7, 11) is 0. The Balaban J connectivity index is 2.02. The molecule has 15 heavy (non-hydrogen) atoms. The molecule has 1 saturated heterocycles. The molecule has 0 aromatic carbocycles. The van der Waals surface area contributed by atoms with Gasteiger partial charge in [-0.15, -0.1) is 0 Å². The summed E-state index contributed by atoms with van der Waals surface area (Å²) in [6.45, 7) is 3.47. The van der Waals surface area contributed by atoms with Crippen molar-refractivity contribution < 1.29 is 0 Å². The van der Waals surface area contributed by atoms with Gasteiger partial charge in [-0.1, -0.05) is 26.2 Å². The Bertz CT molecular complexity index is 225. The molecule has 0 bridgehead atoms. The van der Waals surface area contributed by atoms with Gasteiger partial charge in [0, 0.05) is 19.0 Å². The molecular weight excluding hydrogens is 184 g/mol. The number of amidine groups is 1. The van der Waals surface area contributed by atoms with Crippen LogP contribution < -0.4 is 0 Å². The van der Waals surface area contributed by atoms with Gasteiger partial charge in [-0.25, -0.2) is 0 Å². The molecule has 0 spiro atoms. The Kier molecular flexibility index (Phi) is 3.66. The number of piperidine rings is 1. The average Bonchev–Trinajstić information content (AvgIpc) is 2.30. The molecular formula is C13H24N2. The smallest absolute Gasteiger partial charge is 0.0960 e. The number of rotatable bonds is 2. The first-order chi connectivity index (χ1) is 7.33. The summed E-state index contributed by atoms with van der Waals surface area (Å²) in [6, 6.07) is 0.705. The van der Waals surface area contributed by atoms with Crippen LogP contribution in [-0.2, 0) is 0 Å². The molecule has 1 aliphatic carbocycles. The highest BCUT2D eigenvalue weighted by Crippen LogP contribution is 2.32. The van der Waals surface area contributed by atoms with E-state index >= 15 is 0 Å². The summed E-state index contributed by atoms with van der Waals surface area (Å²) in [5.74, 6) is 1.78. The van der Waals surface area contributed by atoms with Gasteiger partial charge in [0.25, 0.3) is 0 Å². The third kappa shape index (κ3) is 2.35. The van der Waals surface area contributed by atoms with Crippen molar-refractivity contribution >= 4 is 5.84 Å². The van der Waals surface area contributed by atoms with Gasteiger partial charge in [-0.2, -0.15) is 0 Å². The van der Waals surface area contributed by atoms with Crippen LogP contribution in [0.4, 0.5) is 0 Å². The van der Waals surface area contributed by atoms with Crippen LogP contribution in [0.1, 0.15) is 58.3 Å². The lowest BCUT2D eigenvalue weighted by Crippen LogP contribution is -2.47. The Morgan fingerprint density at radius 3 is 2.73 bits per heavy atom. The second kappa shape index (κ2) is 5.00. The Hall–Kier alpha value is -0.530. The summed E-state index contributed by atoms with van der Waals surface area (Å²) in [5.41, 5.74) is 0. The lowest BCUT2D eigenvalue weighted by molar-refractivity contribution is 0.152. The Labute approximate surface area is 93.6 Å². The van der Waals surface area contributed by atoms with Gasteiger partial charge in [-0.05, 0) is 31.6 Å². The molecule has 86 valence electrons. The second-order valence-corrected chi connectivity index (χ2v) is 5.12. The average molecular weight is 208 g/mol. The van der Waals surface area contributed by atoms with Crippen molar-refractivity contribution in [3.63, 3.8) is 0 Å². The molecule has 0 aromatic rings. The van der Waals surface area contributed by atoms with Crippen LogP contribution in [0.3, 0.4) is 0 Å². The van der Waals surface area contributed by atoms with Crippen LogP contribution in [0.5, 0.6) is 0 Å². The zero-order chi connectivity index (χ0) is 10.7. The minimum Gasteiger partial charge on any atom is -0.357 e. The quantitative estimate of drug-likeness (QED) is 0.739. The normalized spacial score (nSPS) is 33.1. The van der Waals surface area contributed by atoms with Gasteiger partial charge >= 0.3 is 0 Å². The van der Waals surface area contributed by atoms with Crippen LogP contribution >= 0.6 is 0 Å².